The lowest BCUT2D eigenvalue weighted by Crippen LogP contribution is -2.34. The van der Waals surface area contributed by atoms with Crippen LogP contribution in [0.25, 0.3) is 0 Å². The molecule has 118 valence electrons. The Morgan fingerprint density at radius 2 is 2.23 bits per heavy atom. The summed E-state index contributed by atoms with van der Waals surface area (Å²) >= 11 is 0.998. The molecule has 1 unspecified atom stereocenters. The van der Waals surface area contributed by atoms with E-state index < -0.39 is 28.7 Å². The molecule has 1 atom stereocenters. The number of amides is 1. The van der Waals surface area contributed by atoms with Gasteiger partial charge in [0.25, 0.3) is 5.03 Å². The summed E-state index contributed by atoms with van der Waals surface area (Å²) in [5, 5.41) is 17.0. The number of halogens is 2. The molecule has 0 fully saturated rings. The molecule has 9 heteroatoms. The smallest absolute Gasteiger partial charge is 0.291 e. The van der Waals surface area contributed by atoms with Crippen LogP contribution in [0, 0.1) is 11.6 Å². The minimum atomic E-state index is -1.05. The Kier molecular flexibility index (Phi) is 4.96. The molecule has 1 aromatic carbocycles. The van der Waals surface area contributed by atoms with Gasteiger partial charge in [0, 0.05) is 11.8 Å². The summed E-state index contributed by atoms with van der Waals surface area (Å²) in [6.45, 7) is 1.76. The normalized spacial score (nSPS) is 12.2. The van der Waals surface area contributed by atoms with Gasteiger partial charge in [-0.15, -0.1) is 0 Å². The maximum Gasteiger partial charge on any atom is 0.291 e. The van der Waals surface area contributed by atoms with Gasteiger partial charge in [-0.05, 0) is 30.3 Å². The van der Waals surface area contributed by atoms with Crippen LogP contribution in [-0.4, -0.2) is 16.4 Å². The predicted molar refractivity (Wildman–Crippen MR) is 72.0 cm³/mol. The number of thioether (sulfide) groups is 1. The van der Waals surface area contributed by atoms with Crippen LogP contribution in [-0.2, 0) is 11.8 Å². The molecule has 0 aliphatic rings. The third-order valence-corrected chi connectivity index (χ3v) is 4.31. The summed E-state index contributed by atoms with van der Waals surface area (Å²) < 4.78 is 31.7. The maximum absolute atomic E-state index is 13.1. The number of rotatable bonds is 5. The third-order valence-electron chi connectivity index (χ3n) is 2.82. The summed E-state index contributed by atoms with van der Waals surface area (Å²) in [7, 11) is 1.52. The molecule has 0 radical (unpaired) electrons. The van der Waals surface area contributed by atoms with Crippen molar-refractivity contribution >= 4 is 23.4 Å². The molecule has 1 heterocycles. The molecule has 1 amide bonds. The zero-order chi connectivity index (χ0) is 16.3. The minimum absolute atomic E-state index is 0.139. The first-order chi connectivity index (χ1) is 10.4. The molecule has 1 N–H and O–H groups in total. The van der Waals surface area contributed by atoms with Gasteiger partial charge in [-0.1, -0.05) is 11.6 Å². The first kappa shape index (κ1) is 16.2. The van der Waals surface area contributed by atoms with Crippen molar-refractivity contribution in [2.75, 3.05) is 5.32 Å². The molecular weight excluding hydrogens is 316 g/mol. The number of hydrogen-bond acceptors (Lipinski definition) is 5. The van der Waals surface area contributed by atoms with E-state index in [1.807, 2.05) is 0 Å². The van der Waals surface area contributed by atoms with Crippen LogP contribution in [0.2, 0.25) is 0 Å². The molecule has 0 spiro atoms. The number of aromatic nitrogens is 2. The Labute approximate surface area is 129 Å². The van der Waals surface area contributed by atoms with Crippen LogP contribution < -0.4 is 15.1 Å². The summed E-state index contributed by atoms with van der Waals surface area (Å²) in [6.07, 6.45) is 0.421. The van der Waals surface area contributed by atoms with Crippen molar-refractivity contribution in [3.05, 3.63) is 29.8 Å². The van der Waals surface area contributed by atoms with E-state index in [0.29, 0.717) is 6.42 Å². The minimum Gasteiger partial charge on any atom is -0.538 e. The Hall–Kier alpha value is -2.16. The van der Waals surface area contributed by atoms with Crippen molar-refractivity contribution in [2.24, 2.45) is 7.05 Å². The fourth-order valence-corrected chi connectivity index (χ4v) is 2.61. The van der Waals surface area contributed by atoms with E-state index in [-0.39, 0.29) is 10.7 Å². The molecule has 0 bridgehead atoms. The monoisotopic (exact) mass is 329 g/mol. The Bertz CT molecular complexity index is 674. The standard InChI is InChI=1S/C13H13F2N3O3S/c1-3-10(22-12-13(20)21-17-18(12)2)11(19)16-7-4-5-8(14)9(15)6-7/h4-6,10H,3H2,1-2H3,(H-,16,17,19,20). The summed E-state index contributed by atoms with van der Waals surface area (Å²) in [4.78, 5) is 12.2. The first-order valence-electron chi connectivity index (χ1n) is 6.38. The van der Waals surface area contributed by atoms with Crippen molar-refractivity contribution in [1.29, 1.82) is 0 Å². The van der Waals surface area contributed by atoms with Gasteiger partial charge < -0.3 is 14.9 Å². The Morgan fingerprint density at radius 3 is 2.77 bits per heavy atom. The average molecular weight is 329 g/mol. The van der Waals surface area contributed by atoms with E-state index in [1.165, 1.54) is 17.8 Å². The number of nitrogens with one attached hydrogen (secondary N) is 1. The van der Waals surface area contributed by atoms with Crippen molar-refractivity contribution < 1.29 is 27.9 Å². The number of anilines is 1. The molecule has 6 nitrogen and oxygen atoms in total. The Morgan fingerprint density at radius 1 is 1.50 bits per heavy atom. The van der Waals surface area contributed by atoms with Crippen LogP contribution in [0.4, 0.5) is 14.5 Å². The van der Waals surface area contributed by atoms with E-state index in [4.69, 9.17) is 0 Å². The maximum atomic E-state index is 13.1. The summed E-state index contributed by atoms with van der Waals surface area (Å²) in [6, 6.07) is 3.07. The molecule has 0 aliphatic heterocycles. The predicted octanol–water partition coefficient (Wildman–Crippen LogP) is 1.36. The molecule has 2 rings (SSSR count). The zero-order valence-corrected chi connectivity index (χ0v) is 12.6. The van der Waals surface area contributed by atoms with E-state index in [2.05, 4.69) is 15.1 Å². The highest BCUT2D eigenvalue weighted by molar-refractivity contribution is 8.00. The van der Waals surface area contributed by atoms with Gasteiger partial charge in [-0.2, -0.15) is 0 Å². The van der Waals surface area contributed by atoms with Crippen molar-refractivity contribution in [3.63, 3.8) is 0 Å². The van der Waals surface area contributed by atoms with Crippen LogP contribution in [0.5, 0.6) is 5.95 Å². The topological polar surface area (TPSA) is 82.1 Å². The molecule has 1 aromatic heterocycles. The first-order valence-corrected chi connectivity index (χ1v) is 7.26. The second-order valence-corrected chi connectivity index (χ2v) is 5.61. The van der Waals surface area contributed by atoms with Crippen molar-refractivity contribution in [1.82, 2.24) is 5.27 Å². The number of hydrogen-bond donors (Lipinski definition) is 1. The fourth-order valence-electron chi connectivity index (χ4n) is 1.68. The molecule has 0 aliphatic carbocycles. The van der Waals surface area contributed by atoms with E-state index >= 15 is 0 Å². The lowest BCUT2D eigenvalue weighted by atomic mass is 10.2. The molecule has 0 saturated heterocycles. The molecular formula is C13H13F2N3O3S. The van der Waals surface area contributed by atoms with Gasteiger partial charge >= 0.3 is 0 Å². The number of carbonyl (C=O) groups excluding carboxylic acids is 1. The largest absolute Gasteiger partial charge is 0.538 e. The van der Waals surface area contributed by atoms with Gasteiger partial charge in [0.15, 0.2) is 24.6 Å². The molecule has 2 aromatic rings. The number of carbonyl (C=O) groups is 1. The highest BCUT2D eigenvalue weighted by Gasteiger charge is 2.25. The second-order valence-electron chi connectivity index (χ2n) is 4.42. The van der Waals surface area contributed by atoms with Crippen molar-refractivity contribution in [3.8, 4) is 5.95 Å². The van der Waals surface area contributed by atoms with Crippen LogP contribution in [0.3, 0.4) is 0 Å². The van der Waals surface area contributed by atoms with Gasteiger partial charge in [0.1, 0.15) is 0 Å². The SMILES string of the molecule is CCC(Sc1c([O-])on[n+]1C)C(=O)Nc1ccc(F)c(F)c1. The van der Waals surface area contributed by atoms with Crippen LogP contribution >= 0.6 is 11.8 Å². The number of aryl methyl sites for hydroxylation is 1. The van der Waals surface area contributed by atoms with Gasteiger partial charge in [0.2, 0.25) is 5.91 Å². The summed E-state index contributed by atoms with van der Waals surface area (Å²) in [5.41, 5.74) is 0.139. The Balaban J connectivity index is 2.10. The highest BCUT2D eigenvalue weighted by atomic mass is 32.2. The number of nitrogens with zero attached hydrogens (tertiary/aromatic N) is 2. The lowest BCUT2D eigenvalue weighted by Gasteiger charge is -2.13. The van der Waals surface area contributed by atoms with Crippen LogP contribution in [0.15, 0.2) is 27.7 Å². The molecule has 22 heavy (non-hydrogen) atoms. The van der Waals surface area contributed by atoms with Gasteiger partial charge in [-0.3, -0.25) is 4.79 Å². The lowest BCUT2D eigenvalue weighted by molar-refractivity contribution is -0.772. The number of benzene rings is 1. The van der Waals surface area contributed by atoms with Gasteiger partial charge in [0.05, 0.1) is 10.5 Å². The highest BCUT2D eigenvalue weighted by Crippen LogP contribution is 2.28. The van der Waals surface area contributed by atoms with E-state index in [1.54, 1.807) is 6.92 Å². The van der Waals surface area contributed by atoms with Crippen molar-refractivity contribution in [2.45, 2.75) is 23.6 Å². The van der Waals surface area contributed by atoms with E-state index in [0.717, 1.165) is 23.9 Å². The fraction of sp³-hybridized carbons (Fsp3) is 0.308. The molecule has 0 saturated carbocycles. The third kappa shape index (κ3) is 3.53. The van der Waals surface area contributed by atoms with Crippen LogP contribution in [0.1, 0.15) is 13.3 Å². The zero-order valence-electron chi connectivity index (χ0n) is 11.8. The van der Waals surface area contributed by atoms with Gasteiger partial charge in [-0.25, -0.2) is 8.78 Å². The quantitative estimate of drug-likeness (QED) is 0.662. The average Bonchev–Trinajstić information content (AvgIpc) is 2.79. The van der Waals surface area contributed by atoms with E-state index in [9.17, 15) is 18.7 Å². The summed E-state index contributed by atoms with van der Waals surface area (Å²) in [5.74, 6) is -3.11. The second kappa shape index (κ2) is 6.73.